The Morgan fingerprint density at radius 1 is 1.18 bits per heavy atom. The maximum Gasteiger partial charge on any atom is 0.131 e. The van der Waals surface area contributed by atoms with E-state index >= 15 is 0 Å². The number of allylic oxidation sites excluding steroid dienone is 1. The maximum atomic E-state index is 13.0. The van der Waals surface area contributed by atoms with Crippen LogP contribution in [0.5, 0.6) is 5.75 Å². The summed E-state index contributed by atoms with van der Waals surface area (Å²) in [5.41, 5.74) is 6.23. The fourth-order valence-corrected chi connectivity index (χ4v) is 3.65. The number of ether oxygens (including phenoxy) is 1. The highest BCUT2D eigenvalue weighted by molar-refractivity contribution is 5.37. The Morgan fingerprint density at radius 2 is 1.93 bits per heavy atom. The number of nitrogens with zero attached hydrogens (tertiary/aromatic N) is 1. The van der Waals surface area contributed by atoms with Gasteiger partial charge in [0, 0.05) is 31.4 Å². The first-order valence-electron chi connectivity index (χ1n) is 10.0. The Kier molecular flexibility index (Phi) is 6.74. The minimum absolute atomic E-state index is 0.113. The molecule has 1 N–H and O–H groups in total. The minimum atomic E-state index is -0.947. The molecular weight excluding hydrogens is 351 g/mol. The predicted molar refractivity (Wildman–Crippen MR) is 113 cm³/mol. The summed E-state index contributed by atoms with van der Waals surface area (Å²) >= 11 is 0. The number of hydrogen-bond donors (Lipinski definition) is 1. The minimum Gasteiger partial charge on any atom is -0.491 e. The van der Waals surface area contributed by atoms with Crippen molar-refractivity contribution in [1.82, 2.24) is 10.2 Å². The van der Waals surface area contributed by atoms with Gasteiger partial charge in [-0.3, -0.25) is 4.90 Å². The third-order valence-corrected chi connectivity index (χ3v) is 5.10. The van der Waals surface area contributed by atoms with Crippen LogP contribution in [0.4, 0.5) is 4.39 Å². The molecule has 150 valence electrons. The van der Waals surface area contributed by atoms with Gasteiger partial charge in [0.1, 0.15) is 18.5 Å². The SMILES string of the molecule is C=C(C)NC(C)c1ccc(CN2CCc3cc(OCC(C)F)ccc3C2)cc1. The van der Waals surface area contributed by atoms with Gasteiger partial charge < -0.3 is 10.1 Å². The Bertz CT molecular complexity index is 801. The highest BCUT2D eigenvalue weighted by Gasteiger charge is 2.17. The maximum absolute atomic E-state index is 13.0. The van der Waals surface area contributed by atoms with E-state index in [9.17, 15) is 4.39 Å². The summed E-state index contributed by atoms with van der Waals surface area (Å²) in [6.45, 7) is 12.6. The van der Waals surface area contributed by atoms with Gasteiger partial charge in [-0.15, -0.1) is 0 Å². The van der Waals surface area contributed by atoms with Gasteiger partial charge in [0.25, 0.3) is 0 Å². The quantitative estimate of drug-likeness (QED) is 0.682. The van der Waals surface area contributed by atoms with E-state index < -0.39 is 6.17 Å². The number of benzene rings is 2. The van der Waals surface area contributed by atoms with Gasteiger partial charge in [0.2, 0.25) is 0 Å². The van der Waals surface area contributed by atoms with Crippen molar-refractivity contribution in [3.63, 3.8) is 0 Å². The van der Waals surface area contributed by atoms with Gasteiger partial charge in [-0.25, -0.2) is 4.39 Å². The Labute approximate surface area is 168 Å². The fraction of sp³-hybridized carbons (Fsp3) is 0.417. The van der Waals surface area contributed by atoms with Crippen LogP contribution in [0.3, 0.4) is 0 Å². The second-order valence-electron chi connectivity index (χ2n) is 7.87. The van der Waals surface area contributed by atoms with Crippen LogP contribution in [0.2, 0.25) is 0 Å². The molecule has 2 unspecified atom stereocenters. The highest BCUT2D eigenvalue weighted by atomic mass is 19.1. The number of nitrogens with one attached hydrogen (secondary N) is 1. The summed E-state index contributed by atoms with van der Waals surface area (Å²) in [6, 6.07) is 15.2. The number of fused-ring (bicyclic) bond motifs is 1. The molecule has 2 atom stereocenters. The third-order valence-electron chi connectivity index (χ3n) is 5.10. The van der Waals surface area contributed by atoms with E-state index in [4.69, 9.17) is 4.74 Å². The summed E-state index contributed by atoms with van der Waals surface area (Å²) < 4.78 is 18.5. The van der Waals surface area contributed by atoms with Crippen LogP contribution in [-0.2, 0) is 19.5 Å². The number of rotatable bonds is 8. The largest absolute Gasteiger partial charge is 0.491 e. The Balaban J connectivity index is 1.58. The van der Waals surface area contributed by atoms with Gasteiger partial charge in [0.15, 0.2) is 0 Å². The zero-order valence-electron chi connectivity index (χ0n) is 17.2. The summed E-state index contributed by atoms with van der Waals surface area (Å²) in [5, 5.41) is 3.35. The first-order chi connectivity index (χ1) is 13.4. The van der Waals surface area contributed by atoms with Gasteiger partial charge in [-0.05, 0) is 61.6 Å². The lowest BCUT2D eigenvalue weighted by atomic mass is 9.98. The molecule has 0 aliphatic carbocycles. The summed E-state index contributed by atoms with van der Waals surface area (Å²) in [4.78, 5) is 2.47. The van der Waals surface area contributed by atoms with Gasteiger partial charge in [-0.1, -0.05) is 36.9 Å². The van der Waals surface area contributed by atoms with Crippen molar-refractivity contribution < 1.29 is 9.13 Å². The van der Waals surface area contributed by atoms with Crippen LogP contribution < -0.4 is 10.1 Å². The van der Waals surface area contributed by atoms with Crippen molar-refractivity contribution in [2.45, 2.75) is 52.5 Å². The Hall–Kier alpha value is -2.33. The summed E-state index contributed by atoms with van der Waals surface area (Å²) in [7, 11) is 0. The molecule has 3 nitrogen and oxygen atoms in total. The molecule has 2 aromatic rings. The molecule has 0 spiro atoms. The standard InChI is InChI=1S/C24H31FN2O/c1-17(2)26-19(4)21-7-5-20(6-8-21)14-27-12-11-22-13-24(28-16-18(3)25)10-9-23(22)15-27/h5-10,13,18-19,26H,1,11-12,14-16H2,2-4H3. The van der Waals surface area contributed by atoms with Crippen LogP contribution in [0.15, 0.2) is 54.7 Å². The van der Waals surface area contributed by atoms with Crippen LogP contribution in [0.25, 0.3) is 0 Å². The van der Waals surface area contributed by atoms with Crippen LogP contribution in [-0.4, -0.2) is 24.2 Å². The predicted octanol–water partition coefficient (Wildman–Crippen LogP) is 5.17. The second-order valence-corrected chi connectivity index (χ2v) is 7.87. The van der Waals surface area contributed by atoms with E-state index in [0.717, 1.165) is 37.5 Å². The average molecular weight is 383 g/mol. The fourth-order valence-electron chi connectivity index (χ4n) is 3.65. The molecule has 4 heteroatoms. The van der Waals surface area contributed by atoms with E-state index in [1.54, 1.807) is 0 Å². The highest BCUT2D eigenvalue weighted by Crippen LogP contribution is 2.25. The van der Waals surface area contributed by atoms with E-state index in [0.29, 0.717) is 0 Å². The molecule has 2 aromatic carbocycles. The van der Waals surface area contributed by atoms with Crippen molar-refractivity contribution in [3.05, 3.63) is 77.0 Å². The van der Waals surface area contributed by atoms with Crippen molar-refractivity contribution in [3.8, 4) is 5.75 Å². The number of alkyl halides is 1. The lowest BCUT2D eigenvalue weighted by molar-refractivity contribution is 0.208. The van der Waals surface area contributed by atoms with Crippen molar-refractivity contribution in [2.24, 2.45) is 0 Å². The monoisotopic (exact) mass is 382 g/mol. The topological polar surface area (TPSA) is 24.5 Å². The number of halogens is 1. The normalized spacial score (nSPS) is 16.1. The van der Waals surface area contributed by atoms with E-state index in [2.05, 4.69) is 60.1 Å². The molecule has 0 radical (unpaired) electrons. The first kappa shape index (κ1) is 20.4. The van der Waals surface area contributed by atoms with Crippen LogP contribution in [0, 0.1) is 0 Å². The smallest absolute Gasteiger partial charge is 0.131 e. The molecule has 0 fully saturated rings. The first-order valence-corrected chi connectivity index (χ1v) is 10.0. The molecule has 0 saturated carbocycles. The van der Waals surface area contributed by atoms with Gasteiger partial charge in [-0.2, -0.15) is 0 Å². The van der Waals surface area contributed by atoms with E-state index in [1.165, 1.54) is 29.2 Å². The Morgan fingerprint density at radius 3 is 2.61 bits per heavy atom. The molecule has 0 saturated heterocycles. The van der Waals surface area contributed by atoms with E-state index in [1.807, 2.05) is 13.0 Å². The summed E-state index contributed by atoms with van der Waals surface area (Å²) in [6.07, 6.45) is 0.0486. The van der Waals surface area contributed by atoms with E-state index in [-0.39, 0.29) is 12.6 Å². The van der Waals surface area contributed by atoms with Crippen molar-refractivity contribution in [2.75, 3.05) is 13.2 Å². The molecule has 1 heterocycles. The second kappa shape index (κ2) is 9.24. The molecule has 1 aliphatic heterocycles. The van der Waals surface area contributed by atoms with Crippen molar-refractivity contribution >= 4 is 0 Å². The molecule has 0 amide bonds. The van der Waals surface area contributed by atoms with Gasteiger partial charge in [0.05, 0.1) is 0 Å². The average Bonchev–Trinajstić information content (AvgIpc) is 2.66. The molecule has 1 aliphatic rings. The van der Waals surface area contributed by atoms with Crippen LogP contribution in [0.1, 0.15) is 49.1 Å². The zero-order valence-corrected chi connectivity index (χ0v) is 17.2. The lowest BCUT2D eigenvalue weighted by Crippen LogP contribution is -2.30. The molecule has 0 bridgehead atoms. The summed E-state index contributed by atoms with van der Waals surface area (Å²) in [5.74, 6) is 0.768. The van der Waals surface area contributed by atoms with Crippen LogP contribution >= 0.6 is 0 Å². The third kappa shape index (κ3) is 5.59. The lowest BCUT2D eigenvalue weighted by Gasteiger charge is -2.29. The van der Waals surface area contributed by atoms with Crippen molar-refractivity contribution in [1.29, 1.82) is 0 Å². The number of hydrogen-bond acceptors (Lipinski definition) is 3. The molecule has 3 rings (SSSR count). The molecule has 0 aromatic heterocycles. The van der Waals surface area contributed by atoms with Gasteiger partial charge >= 0.3 is 0 Å². The zero-order chi connectivity index (χ0) is 20.1. The molecule has 28 heavy (non-hydrogen) atoms. The molecular formula is C24H31FN2O.